The van der Waals surface area contributed by atoms with E-state index >= 15 is 0 Å². The van der Waals surface area contributed by atoms with Crippen LogP contribution in [0.5, 0.6) is 0 Å². The van der Waals surface area contributed by atoms with Crippen LogP contribution in [-0.4, -0.2) is 29.6 Å². The van der Waals surface area contributed by atoms with Gasteiger partial charge >= 0.3 is 0 Å². The highest BCUT2D eigenvalue weighted by molar-refractivity contribution is 5.85. The molecule has 0 saturated carbocycles. The smallest absolute Gasteiger partial charge is 0.240 e. The molecule has 0 aromatic carbocycles. The van der Waals surface area contributed by atoms with Crippen LogP contribution in [0.25, 0.3) is 0 Å². The molecule has 0 aliphatic carbocycles. The Morgan fingerprint density at radius 3 is 2.45 bits per heavy atom. The van der Waals surface area contributed by atoms with Gasteiger partial charge in [-0.05, 0) is 6.42 Å². The summed E-state index contributed by atoms with van der Waals surface area (Å²) >= 11 is 0. The number of rotatable bonds is 4. The summed E-state index contributed by atoms with van der Waals surface area (Å²) in [7, 11) is 0. The summed E-state index contributed by atoms with van der Waals surface area (Å²) in [6.07, 6.45) is 0.162. The zero-order valence-corrected chi connectivity index (χ0v) is 6.33. The van der Waals surface area contributed by atoms with Crippen molar-refractivity contribution in [1.29, 1.82) is 0 Å². The van der Waals surface area contributed by atoms with Gasteiger partial charge in [-0.2, -0.15) is 0 Å². The van der Waals surface area contributed by atoms with E-state index in [9.17, 15) is 9.59 Å². The van der Waals surface area contributed by atoms with Crippen molar-refractivity contribution in [2.24, 2.45) is 5.73 Å². The number of primary amides is 1. The fourth-order valence-corrected chi connectivity index (χ4v) is 0.660. The number of carbonyl (C=O) groups is 2. The Kier molecular flexibility index (Phi) is 4.21. The molecule has 1 atom stereocenters. The third-order valence-electron chi connectivity index (χ3n) is 1.14. The van der Waals surface area contributed by atoms with E-state index in [1.165, 1.54) is 6.92 Å². The molecule has 11 heavy (non-hydrogen) atoms. The van der Waals surface area contributed by atoms with Gasteiger partial charge in [0.2, 0.25) is 11.8 Å². The van der Waals surface area contributed by atoms with Crippen LogP contribution >= 0.6 is 0 Å². The molecule has 0 rings (SSSR count). The van der Waals surface area contributed by atoms with Crippen molar-refractivity contribution in [3.05, 3.63) is 0 Å². The van der Waals surface area contributed by atoms with Crippen LogP contribution in [0.4, 0.5) is 0 Å². The average Bonchev–Trinajstić information content (AvgIpc) is 1.86. The van der Waals surface area contributed by atoms with Crippen molar-refractivity contribution in [3.8, 4) is 0 Å². The minimum absolute atomic E-state index is 0.162. The van der Waals surface area contributed by atoms with Crippen LogP contribution in [0.1, 0.15) is 13.3 Å². The van der Waals surface area contributed by atoms with Crippen LogP contribution < -0.4 is 11.1 Å². The van der Waals surface area contributed by atoms with Crippen LogP contribution in [0.2, 0.25) is 0 Å². The second-order valence-corrected chi connectivity index (χ2v) is 2.17. The standard InChI is InChI=1S/C6H12N2O3/c1-4(10)8-5(2-3-9)6(7)11/h5,9H,2-3H2,1H3,(H2,7,11)(H,8,10). The maximum absolute atomic E-state index is 10.5. The highest BCUT2D eigenvalue weighted by Gasteiger charge is 2.14. The molecule has 0 spiro atoms. The quantitative estimate of drug-likeness (QED) is 0.460. The minimum atomic E-state index is -0.752. The Hall–Kier alpha value is -1.10. The summed E-state index contributed by atoms with van der Waals surface area (Å²) in [6.45, 7) is 1.11. The molecule has 5 nitrogen and oxygen atoms in total. The third-order valence-corrected chi connectivity index (χ3v) is 1.14. The van der Waals surface area contributed by atoms with Crippen molar-refractivity contribution >= 4 is 11.8 Å². The van der Waals surface area contributed by atoms with Crippen molar-refractivity contribution < 1.29 is 14.7 Å². The molecule has 4 N–H and O–H groups in total. The molecule has 5 heteroatoms. The predicted molar refractivity (Wildman–Crippen MR) is 38.5 cm³/mol. The number of nitrogens with two attached hydrogens (primary N) is 1. The fraction of sp³-hybridized carbons (Fsp3) is 0.667. The molecule has 0 bridgehead atoms. The zero-order valence-electron chi connectivity index (χ0n) is 6.33. The van der Waals surface area contributed by atoms with Gasteiger partial charge in [-0.25, -0.2) is 0 Å². The first-order chi connectivity index (χ1) is 5.07. The van der Waals surface area contributed by atoms with Crippen LogP contribution in [0.15, 0.2) is 0 Å². The average molecular weight is 160 g/mol. The van der Waals surface area contributed by atoms with Crippen LogP contribution in [0, 0.1) is 0 Å². The van der Waals surface area contributed by atoms with E-state index in [1.807, 2.05) is 0 Å². The number of nitrogens with one attached hydrogen (secondary N) is 1. The van der Waals surface area contributed by atoms with E-state index in [1.54, 1.807) is 0 Å². The number of amides is 2. The van der Waals surface area contributed by atoms with Gasteiger partial charge in [0.1, 0.15) is 6.04 Å². The number of aliphatic hydroxyl groups excluding tert-OH is 1. The van der Waals surface area contributed by atoms with Crippen molar-refractivity contribution in [2.45, 2.75) is 19.4 Å². The van der Waals surface area contributed by atoms with Gasteiger partial charge in [0.15, 0.2) is 0 Å². The molecule has 1 unspecified atom stereocenters. The lowest BCUT2D eigenvalue weighted by molar-refractivity contribution is -0.126. The highest BCUT2D eigenvalue weighted by Crippen LogP contribution is 1.88. The Labute approximate surface area is 64.6 Å². The van der Waals surface area contributed by atoms with E-state index in [0.29, 0.717) is 0 Å². The summed E-state index contributed by atoms with van der Waals surface area (Å²) in [4.78, 5) is 21.0. The van der Waals surface area contributed by atoms with E-state index in [-0.39, 0.29) is 18.9 Å². The molecule has 0 aliphatic heterocycles. The summed E-state index contributed by atoms with van der Waals surface area (Å²) in [5.41, 5.74) is 4.91. The molecule has 0 saturated heterocycles. The minimum Gasteiger partial charge on any atom is -0.396 e. The highest BCUT2D eigenvalue weighted by atomic mass is 16.3. The van der Waals surface area contributed by atoms with Gasteiger partial charge in [-0.3, -0.25) is 9.59 Å². The molecule has 0 aromatic rings. The maximum Gasteiger partial charge on any atom is 0.240 e. The first-order valence-electron chi connectivity index (χ1n) is 3.25. The summed E-state index contributed by atoms with van der Waals surface area (Å²) in [6, 6.07) is -0.752. The Balaban J connectivity index is 3.89. The van der Waals surface area contributed by atoms with Crippen molar-refractivity contribution in [1.82, 2.24) is 5.32 Å². The van der Waals surface area contributed by atoms with Crippen molar-refractivity contribution in [2.75, 3.05) is 6.61 Å². The van der Waals surface area contributed by atoms with Crippen LogP contribution in [-0.2, 0) is 9.59 Å². The first kappa shape index (κ1) is 9.90. The third kappa shape index (κ3) is 4.32. The lowest BCUT2D eigenvalue weighted by atomic mass is 10.2. The molecule has 0 fully saturated rings. The molecule has 64 valence electrons. The van der Waals surface area contributed by atoms with Crippen LogP contribution in [0.3, 0.4) is 0 Å². The Bertz CT molecular complexity index is 158. The maximum atomic E-state index is 10.5. The van der Waals surface area contributed by atoms with E-state index in [4.69, 9.17) is 10.8 Å². The van der Waals surface area contributed by atoms with Gasteiger partial charge in [-0.1, -0.05) is 0 Å². The van der Waals surface area contributed by atoms with Crippen molar-refractivity contribution in [3.63, 3.8) is 0 Å². The molecule has 0 aliphatic rings. The van der Waals surface area contributed by atoms with Gasteiger partial charge in [0.05, 0.1) is 0 Å². The first-order valence-corrected chi connectivity index (χ1v) is 3.25. The molecule has 0 radical (unpaired) electrons. The monoisotopic (exact) mass is 160 g/mol. The normalized spacial score (nSPS) is 12.2. The van der Waals surface area contributed by atoms with Gasteiger partial charge in [0, 0.05) is 13.5 Å². The summed E-state index contributed by atoms with van der Waals surface area (Å²) in [5, 5.41) is 10.7. The largest absolute Gasteiger partial charge is 0.396 e. The number of hydrogen-bond donors (Lipinski definition) is 3. The van der Waals surface area contributed by atoms with Gasteiger partial charge < -0.3 is 16.2 Å². The number of carbonyl (C=O) groups excluding carboxylic acids is 2. The van der Waals surface area contributed by atoms with Gasteiger partial charge in [-0.15, -0.1) is 0 Å². The Morgan fingerprint density at radius 1 is 1.64 bits per heavy atom. The number of aliphatic hydroxyl groups is 1. The summed E-state index contributed by atoms with van der Waals surface area (Å²) < 4.78 is 0. The topological polar surface area (TPSA) is 92.4 Å². The molecule has 0 aromatic heterocycles. The lowest BCUT2D eigenvalue weighted by Crippen LogP contribution is -2.44. The fourth-order valence-electron chi connectivity index (χ4n) is 0.660. The second-order valence-electron chi connectivity index (χ2n) is 2.17. The second kappa shape index (κ2) is 4.68. The summed E-state index contributed by atoms with van der Waals surface area (Å²) in [5.74, 6) is -0.962. The molecule has 2 amide bonds. The lowest BCUT2D eigenvalue weighted by Gasteiger charge is -2.11. The number of hydrogen-bond acceptors (Lipinski definition) is 3. The molecular formula is C6H12N2O3. The SMILES string of the molecule is CC(=O)NC(CCO)C(N)=O. The van der Waals surface area contributed by atoms with E-state index in [2.05, 4.69) is 5.32 Å². The van der Waals surface area contributed by atoms with E-state index < -0.39 is 11.9 Å². The molecule has 0 heterocycles. The van der Waals surface area contributed by atoms with Gasteiger partial charge in [0.25, 0.3) is 0 Å². The predicted octanol–water partition coefficient (Wildman–Crippen LogP) is -1.64. The Morgan fingerprint density at radius 2 is 2.18 bits per heavy atom. The zero-order chi connectivity index (χ0) is 8.85. The molecular weight excluding hydrogens is 148 g/mol. The van der Waals surface area contributed by atoms with E-state index in [0.717, 1.165) is 0 Å².